The lowest BCUT2D eigenvalue weighted by Gasteiger charge is -2.27. The van der Waals surface area contributed by atoms with E-state index in [2.05, 4.69) is 0 Å². The van der Waals surface area contributed by atoms with Gasteiger partial charge in [0.05, 0.1) is 18.8 Å². The maximum Gasteiger partial charge on any atom is 0.308 e. The first-order chi connectivity index (χ1) is 12.0. The molecule has 1 aromatic heterocycles. The number of carboxylic acids is 1. The SMILES string of the molecule is CSC1C(C(=O)c2ccco2)=C(CC(=O)O)C(=O)N1CC1CCCO1. The number of amides is 1. The molecule has 1 fully saturated rings. The van der Waals surface area contributed by atoms with Crippen LogP contribution < -0.4 is 0 Å². The molecule has 3 heterocycles. The Bertz CT molecular complexity index is 705. The van der Waals surface area contributed by atoms with Crippen molar-refractivity contribution < 1.29 is 28.6 Å². The molecule has 2 aliphatic rings. The standard InChI is InChI=1S/C17H19NO6S/c1-25-17-14(15(21)12-5-3-7-24-12)11(8-13(19)20)16(22)18(17)9-10-4-2-6-23-10/h3,5,7,10,17H,2,4,6,8-9H2,1H3,(H,19,20). The molecule has 25 heavy (non-hydrogen) atoms. The van der Waals surface area contributed by atoms with Crippen LogP contribution in [-0.4, -0.2) is 58.6 Å². The number of hydrogen-bond donors (Lipinski definition) is 1. The molecule has 1 N–H and O–H groups in total. The maximum atomic E-state index is 12.8. The number of aliphatic carboxylic acids is 1. The molecule has 0 aliphatic carbocycles. The minimum Gasteiger partial charge on any atom is -0.481 e. The summed E-state index contributed by atoms with van der Waals surface area (Å²) in [7, 11) is 0. The number of Topliss-reactive ketones (excluding diaryl/α,β-unsaturated/α-hetero) is 1. The van der Waals surface area contributed by atoms with Gasteiger partial charge < -0.3 is 19.2 Å². The summed E-state index contributed by atoms with van der Waals surface area (Å²) in [5, 5.41) is 8.64. The van der Waals surface area contributed by atoms with Gasteiger partial charge in [-0.2, -0.15) is 0 Å². The molecule has 134 valence electrons. The highest BCUT2D eigenvalue weighted by atomic mass is 32.2. The molecular weight excluding hydrogens is 346 g/mol. The van der Waals surface area contributed by atoms with Crippen LogP contribution >= 0.6 is 11.8 Å². The minimum absolute atomic E-state index is 0.0336. The zero-order valence-electron chi connectivity index (χ0n) is 13.8. The van der Waals surface area contributed by atoms with Crippen LogP contribution in [0.4, 0.5) is 0 Å². The van der Waals surface area contributed by atoms with Crippen LogP contribution in [0.25, 0.3) is 0 Å². The third-order valence-electron chi connectivity index (χ3n) is 4.34. The van der Waals surface area contributed by atoms with E-state index in [1.807, 2.05) is 0 Å². The van der Waals surface area contributed by atoms with E-state index >= 15 is 0 Å². The van der Waals surface area contributed by atoms with Crippen LogP contribution in [0.5, 0.6) is 0 Å². The molecule has 8 heteroatoms. The molecule has 0 saturated carbocycles. The second kappa shape index (κ2) is 7.45. The van der Waals surface area contributed by atoms with Crippen LogP contribution in [0.2, 0.25) is 0 Å². The summed E-state index contributed by atoms with van der Waals surface area (Å²) in [6.07, 6.45) is 4.38. The summed E-state index contributed by atoms with van der Waals surface area (Å²) >= 11 is 1.33. The molecule has 1 aromatic rings. The Morgan fingerprint density at radius 2 is 2.24 bits per heavy atom. The first-order valence-electron chi connectivity index (χ1n) is 8.01. The van der Waals surface area contributed by atoms with Gasteiger partial charge in [-0.15, -0.1) is 11.8 Å². The molecule has 2 unspecified atom stereocenters. The lowest BCUT2D eigenvalue weighted by atomic mass is 10.0. The number of ketones is 1. The minimum atomic E-state index is -1.15. The first kappa shape index (κ1) is 17.8. The second-order valence-corrected chi connectivity index (χ2v) is 6.87. The van der Waals surface area contributed by atoms with E-state index in [1.165, 1.54) is 24.1 Å². The third kappa shape index (κ3) is 3.50. The summed E-state index contributed by atoms with van der Waals surface area (Å²) in [5.41, 5.74) is 0.235. The quantitative estimate of drug-likeness (QED) is 0.738. The van der Waals surface area contributed by atoms with Crippen molar-refractivity contribution in [3.63, 3.8) is 0 Å². The largest absolute Gasteiger partial charge is 0.481 e. The van der Waals surface area contributed by atoms with E-state index in [1.54, 1.807) is 17.2 Å². The normalized spacial score (nSPS) is 23.6. The van der Waals surface area contributed by atoms with E-state index in [0.717, 1.165) is 12.8 Å². The molecule has 3 rings (SSSR count). The van der Waals surface area contributed by atoms with Crippen LogP contribution in [0, 0.1) is 0 Å². The summed E-state index contributed by atoms with van der Waals surface area (Å²) in [5.74, 6) is -1.90. The molecule has 1 amide bonds. The van der Waals surface area contributed by atoms with Crippen molar-refractivity contribution in [2.24, 2.45) is 0 Å². The molecule has 0 aromatic carbocycles. The Morgan fingerprint density at radius 3 is 2.80 bits per heavy atom. The van der Waals surface area contributed by atoms with Gasteiger partial charge >= 0.3 is 5.97 Å². The number of thioether (sulfide) groups is 1. The molecule has 1 saturated heterocycles. The van der Waals surface area contributed by atoms with Gasteiger partial charge in [-0.1, -0.05) is 0 Å². The van der Waals surface area contributed by atoms with E-state index < -0.39 is 29.5 Å². The Kier molecular flexibility index (Phi) is 5.29. The zero-order valence-corrected chi connectivity index (χ0v) is 14.6. The van der Waals surface area contributed by atoms with Gasteiger partial charge in [0, 0.05) is 24.3 Å². The number of carbonyl (C=O) groups excluding carboxylic acids is 2. The van der Waals surface area contributed by atoms with Gasteiger partial charge in [0.25, 0.3) is 5.91 Å². The molecule has 2 atom stereocenters. The number of nitrogens with zero attached hydrogens (tertiary/aromatic N) is 1. The van der Waals surface area contributed by atoms with Crippen molar-refractivity contribution in [3.05, 3.63) is 35.3 Å². The third-order valence-corrected chi connectivity index (χ3v) is 5.28. The van der Waals surface area contributed by atoms with Crippen molar-refractivity contribution in [1.29, 1.82) is 0 Å². The van der Waals surface area contributed by atoms with E-state index in [-0.39, 0.29) is 23.0 Å². The monoisotopic (exact) mass is 365 g/mol. The Labute approximate surface area is 149 Å². The molecule has 7 nitrogen and oxygen atoms in total. The number of hydrogen-bond acceptors (Lipinski definition) is 6. The predicted octanol–water partition coefficient (Wildman–Crippen LogP) is 1.94. The van der Waals surface area contributed by atoms with Crippen molar-refractivity contribution in [1.82, 2.24) is 4.90 Å². The number of ether oxygens (including phenoxy) is 1. The van der Waals surface area contributed by atoms with Crippen LogP contribution in [0.15, 0.2) is 34.0 Å². The van der Waals surface area contributed by atoms with Gasteiger partial charge in [0.2, 0.25) is 5.78 Å². The van der Waals surface area contributed by atoms with Gasteiger partial charge in [-0.25, -0.2) is 0 Å². The topological polar surface area (TPSA) is 97.1 Å². The van der Waals surface area contributed by atoms with Gasteiger partial charge in [-0.3, -0.25) is 14.4 Å². The smallest absolute Gasteiger partial charge is 0.308 e. The second-order valence-electron chi connectivity index (χ2n) is 5.95. The van der Waals surface area contributed by atoms with Gasteiger partial charge in [-0.05, 0) is 31.2 Å². The van der Waals surface area contributed by atoms with Crippen molar-refractivity contribution in [3.8, 4) is 0 Å². The highest BCUT2D eigenvalue weighted by molar-refractivity contribution is 7.99. The highest BCUT2D eigenvalue weighted by Crippen LogP contribution is 2.36. The highest BCUT2D eigenvalue weighted by Gasteiger charge is 2.44. The number of rotatable bonds is 7. The summed E-state index contributed by atoms with van der Waals surface area (Å²) in [6, 6.07) is 3.10. The fourth-order valence-electron chi connectivity index (χ4n) is 3.24. The van der Waals surface area contributed by atoms with Crippen LogP contribution in [-0.2, 0) is 14.3 Å². The maximum absolute atomic E-state index is 12.8. The van der Waals surface area contributed by atoms with Crippen LogP contribution in [0.3, 0.4) is 0 Å². The summed E-state index contributed by atoms with van der Waals surface area (Å²) in [6.45, 7) is 1.01. The molecule has 2 aliphatic heterocycles. The van der Waals surface area contributed by atoms with Crippen molar-refractivity contribution in [2.75, 3.05) is 19.4 Å². The lowest BCUT2D eigenvalue weighted by molar-refractivity contribution is -0.137. The predicted molar refractivity (Wildman–Crippen MR) is 90.3 cm³/mol. The van der Waals surface area contributed by atoms with Crippen molar-refractivity contribution >= 4 is 29.4 Å². The number of carboxylic acid groups (broad SMARTS) is 1. The Hall–Kier alpha value is -2.06. The van der Waals surface area contributed by atoms with Gasteiger partial charge in [0.1, 0.15) is 5.37 Å². The summed E-state index contributed by atoms with van der Waals surface area (Å²) < 4.78 is 10.8. The molecule has 0 radical (unpaired) electrons. The molecule has 0 bridgehead atoms. The lowest BCUT2D eigenvalue weighted by Crippen LogP contribution is -2.40. The van der Waals surface area contributed by atoms with E-state index in [9.17, 15) is 19.5 Å². The van der Waals surface area contributed by atoms with Crippen molar-refractivity contribution in [2.45, 2.75) is 30.7 Å². The average molecular weight is 365 g/mol. The number of furan rings is 1. The van der Waals surface area contributed by atoms with Crippen LogP contribution in [0.1, 0.15) is 29.8 Å². The molecule has 0 spiro atoms. The molecular formula is C17H19NO6S. The Balaban J connectivity index is 1.95. The Morgan fingerprint density at radius 1 is 1.44 bits per heavy atom. The first-order valence-corrected chi connectivity index (χ1v) is 9.30. The van der Waals surface area contributed by atoms with E-state index in [0.29, 0.717) is 13.2 Å². The average Bonchev–Trinajstić information content (AvgIpc) is 3.31. The van der Waals surface area contributed by atoms with Gasteiger partial charge in [0.15, 0.2) is 5.76 Å². The fourth-order valence-corrected chi connectivity index (χ4v) is 4.16. The fraction of sp³-hybridized carbons (Fsp3) is 0.471. The van der Waals surface area contributed by atoms with E-state index in [4.69, 9.17) is 9.15 Å². The number of carbonyl (C=O) groups is 3. The zero-order chi connectivity index (χ0) is 18.0. The summed E-state index contributed by atoms with van der Waals surface area (Å²) in [4.78, 5) is 38.4.